The van der Waals surface area contributed by atoms with E-state index in [0.29, 0.717) is 5.39 Å². The maximum Gasteiger partial charge on any atom is 0.132 e. The lowest BCUT2D eigenvalue weighted by Gasteiger charge is -2.10. The van der Waals surface area contributed by atoms with Gasteiger partial charge in [0.25, 0.3) is 0 Å². The zero-order valence-electron chi connectivity index (χ0n) is 14.2. The minimum Gasteiger partial charge on any atom is -0.316 e. The molecular formula is C22H16FN3. The van der Waals surface area contributed by atoms with Crippen LogP contribution in [0, 0.1) is 12.7 Å². The minimum atomic E-state index is -0.194. The molecule has 0 unspecified atom stereocenters. The molecule has 3 nitrogen and oxygen atoms in total. The SMILES string of the molecule is Cc1ccc(F)c2ccn(-c3cccc(-c4ncn5ccccc45)c3)c12. The van der Waals surface area contributed by atoms with Gasteiger partial charge in [-0.3, -0.25) is 0 Å². The summed E-state index contributed by atoms with van der Waals surface area (Å²) >= 11 is 0. The van der Waals surface area contributed by atoms with E-state index in [4.69, 9.17) is 0 Å². The molecule has 0 saturated carbocycles. The number of pyridine rings is 1. The second kappa shape index (κ2) is 5.56. The Balaban J connectivity index is 1.71. The van der Waals surface area contributed by atoms with Crippen LogP contribution in [0.5, 0.6) is 0 Å². The summed E-state index contributed by atoms with van der Waals surface area (Å²) in [6.07, 6.45) is 5.73. The number of benzene rings is 2. The Morgan fingerprint density at radius 2 is 1.85 bits per heavy atom. The van der Waals surface area contributed by atoms with Crippen LogP contribution in [0.2, 0.25) is 0 Å². The summed E-state index contributed by atoms with van der Waals surface area (Å²) in [7, 11) is 0. The zero-order chi connectivity index (χ0) is 17.7. The van der Waals surface area contributed by atoms with E-state index in [0.717, 1.165) is 33.5 Å². The summed E-state index contributed by atoms with van der Waals surface area (Å²) in [6, 6.07) is 19.4. The number of aromatic nitrogens is 3. The molecule has 0 N–H and O–H groups in total. The van der Waals surface area contributed by atoms with Crippen LogP contribution in [0.1, 0.15) is 5.56 Å². The van der Waals surface area contributed by atoms with Crippen molar-refractivity contribution in [2.45, 2.75) is 6.92 Å². The van der Waals surface area contributed by atoms with E-state index in [1.807, 2.05) is 71.0 Å². The molecule has 0 bridgehead atoms. The van der Waals surface area contributed by atoms with Crippen molar-refractivity contribution in [3.8, 4) is 16.9 Å². The number of rotatable bonds is 2. The monoisotopic (exact) mass is 341 g/mol. The average Bonchev–Trinajstić information content (AvgIpc) is 3.30. The summed E-state index contributed by atoms with van der Waals surface area (Å²) < 4.78 is 18.2. The van der Waals surface area contributed by atoms with Crippen LogP contribution in [0.25, 0.3) is 33.4 Å². The van der Waals surface area contributed by atoms with Gasteiger partial charge in [-0.2, -0.15) is 0 Å². The molecule has 4 heteroatoms. The van der Waals surface area contributed by atoms with Crippen molar-refractivity contribution in [1.82, 2.24) is 14.0 Å². The van der Waals surface area contributed by atoms with E-state index in [-0.39, 0.29) is 5.82 Å². The van der Waals surface area contributed by atoms with Gasteiger partial charge in [-0.15, -0.1) is 0 Å². The second-order valence-corrected chi connectivity index (χ2v) is 6.45. The molecule has 0 spiro atoms. The Bertz CT molecular complexity index is 1260. The van der Waals surface area contributed by atoms with Crippen molar-refractivity contribution in [2.24, 2.45) is 0 Å². The number of aryl methyl sites for hydroxylation is 1. The molecule has 0 aliphatic rings. The molecular weight excluding hydrogens is 325 g/mol. The third-order valence-electron chi connectivity index (χ3n) is 4.84. The quantitative estimate of drug-likeness (QED) is 0.422. The van der Waals surface area contributed by atoms with Crippen molar-refractivity contribution in [3.05, 3.63) is 90.8 Å². The van der Waals surface area contributed by atoms with Crippen LogP contribution in [0.15, 0.2) is 79.4 Å². The van der Waals surface area contributed by atoms with Crippen molar-refractivity contribution < 1.29 is 4.39 Å². The summed E-state index contributed by atoms with van der Waals surface area (Å²) in [5.74, 6) is -0.194. The maximum absolute atomic E-state index is 14.1. The minimum absolute atomic E-state index is 0.194. The largest absolute Gasteiger partial charge is 0.316 e. The van der Waals surface area contributed by atoms with Gasteiger partial charge in [0.1, 0.15) is 5.82 Å². The van der Waals surface area contributed by atoms with E-state index < -0.39 is 0 Å². The fraction of sp³-hybridized carbons (Fsp3) is 0.0455. The highest BCUT2D eigenvalue weighted by atomic mass is 19.1. The maximum atomic E-state index is 14.1. The molecule has 0 amide bonds. The molecule has 0 radical (unpaired) electrons. The van der Waals surface area contributed by atoms with Gasteiger partial charge >= 0.3 is 0 Å². The zero-order valence-corrected chi connectivity index (χ0v) is 14.2. The number of hydrogen-bond acceptors (Lipinski definition) is 1. The van der Waals surface area contributed by atoms with Crippen molar-refractivity contribution >= 4 is 16.4 Å². The van der Waals surface area contributed by atoms with E-state index in [9.17, 15) is 4.39 Å². The molecule has 0 saturated heterocycles. The molecule has 0 fully saturated rings. The first-order chi connectivity index (χ1) is 12.7. The first-order valence-electron chi connectivity index (χ1n) is 8.51. The Labute approximate surface area is 150 Å². The van der Waals surface area contributed by atoms with Gasteiger partial charge in [0.2, 0.25) is 0 Å². The standard InChI is InChI=1S/C22H16FN3/c1-15-8-9-19(23)18-10-12-26(22(15)18)17-6-4-5-16(13-17)21-20-7-2-3-11-25(20)14-24-21/h2-14H,1H3. The molecule has 0 atom stereocenters. The number of hydrogen-bond donors (Lipinski definition) is 0. The van der Waals surface area contributed by atoms with Crippen molar-refractivity contribution in [2.75, 3.05) is 0 Å². The lowest BCUT2D eigenvalue weighted by atomic mass is 10.1. The highest BCUT2D eigenvalue weighted by molar-refractivity contribution is 5.86. The Morgan fingerprint density at radius 1 is 0.923 bits per heavy atom. The molecule has 5 aromatic rings. The van der Waals surface area contributed by atoms with Crippen LogP contribution < -0.4 is 0 Å². The fourth-order valence-corrected chi connectivity index (χ4v) is 3.58. The number of fused-ring (bicyclic) bond motifs is 2. The molecule has 0 aliphatic carbocycles. The Kier molecular flexibility index (Phi) is 3.19. The normalized spacial score (nSPS) is 11.5. The van der Waals surface area contributed by atoms with Crippen LogP contribution in [-0.2, 0) is 0 Å². The smallest absolute Gasteiger partial charge is 0.132 e. The van der Waals surface area contributed by atoms with Crippen LogP contribution >= 0.6 is 0 Å². The number of imidazole rings is 1. The number of nitrogens with zero attached hydrogens (tertiary/aromatic N) is 3. The van der Waals surface area contributed by atoms with Crippen LogP contribution in [0.3, 0.4) is 0 Å². The van der Waals surface area contributed by atoms with Crippen LogP contribution in [0.4, 0.5) is 4.39 Å². The van der Waals surface area contributed by atoms with E-state index in [2.05, 4.69) is 23.2 Å². The number of halogens is 1. The summed E-state index contributed by atoms with van der Waals surface area (Å²) in [5.41, 5.74) is 5.97. The first-order valence-corrected chi connectivity index (χ1v) is 8.51. The van der Waals surface area contributed by atoms with E-state index >= 15 is 0 Å². The second-order valence-electron chi connectivity index (χ2n) is 6.45. The lowest BCUT2D eigenvalue weighted by Crippen LogP contribution is -1.95. The average molecular weight is 341 g/mol. The molecule has 5 rings (SSSR count). The molecule has 2 aromatic carbocycles. The van der Waals surface area contributed by atoms with Gasteiger partial charge < -0.3 is 8.97 Å². The fourth-order valence-electron chi connectivity index (χ4n) is 3.58. The summed E-state index contributed by atoms with van der Waals surface area (Å²) in [6.45, 7) is 2.00. The van der Waals surface area contributed by atoms with E-state index in [1.54, 1.807) is 0 Å². The molecule has 26 heavy (non-hydrogen) atoms. The van der Waals surface area contributed by atoms with Gasteiger partial charge in [0, 0.05) is 29.0 Å². The predicted octanol–water partition coefficient (Wildman–Crippen LogP) is 5.39. The lowest BCUT2D eigenvalue weighted by molar-refractivity contribution is 0.639. The Morgan fingerprint density at radius 3 is 2.77 bits per heavy atom. The topological polar surface area (TPSA) is 22.2 Å². The van der Waals surface area contributed by atoms with E-state index in [1.165, 1.54) is 6.07 Å². The third kappa shape index (κ3) is 2.15. The van der Waals surface area contributed by atoms with Crippen LogP contribution in [-0.4, -0.2) is 14.0 Å². The van der Waals surface area contributed by atoms with Crippen molar-refractivity contribution in [1.29, 1.82) is 0 Å². The first kappa shape index (κ1) is 14.9. The third-order valence-corrected chi connectivity index (χ3v) is 4.84. The molecule has 3 heterocycles. The van der Waals surface area contributed by atoms with Crippen molar-refractivity contribution in [3.63, 3.8) is 0 Å². The molecule has 126 valence electrons. The summed E-state index contributed by atoms with van der Waals surface area (Å²) in [4.78, 5) is 4.58. The summed E-state index contributed by atoms with van der Waals surface area (Å²) in [5, 5.41) is 0.642. The van der Waals surface area contributed by atoms with Gasteiger partial charge in [-0.1, -0.05) is 24.3 Å². The highest BCUT2D eigenvalue weighted by Gasteiger charge is 2.12. The molecule has 3 aromatic heterocycles. The van der Waals surface area contributed by atoms with Gasteiger partial charge in [0.05, 0.1) is 23.1 Å². The van der Waals surface area contributed by atoms with Gasteiger partial charge in [0.15, 0.2) is 0 Å². The molecule has 0 aliphatic heterocycles. The Hall–Kier alpha value is -3.40. The highest BCUT2D eigenvalue weighted by Crippen LogP contribution is 2.29. The van der Waals surface area contributed by atoms with Gasteiger partial charge in [-0.25, -0.2) is 9.37 Å². The predicted molar refractivity (Wildman–Crippen MR) is 102 cm³/mol. The van der Waals surface area contributed by atoms with Gasteiger partial charge in [-0.05, 0) is 48.9 Å².